The topological polar surface area (TPSA) is 80.9 Å². The number of rotatable bonds is 2. The first-order valence-corrected chi connectivity index (χ1v) is 3.90. The normalized spacial score (nSPS) is 15.3. The van der Waals surface area contributed by atoms with E-state index in [0.717, 1.165) is 6.07 Å². The summed E-state index contributed by atoms with van der Waals surface area (Å²) in [5.41, 5.74) is 0.285. The molecular weight excluding hydrogens is 172 g/mol. The zero-order chi connectivity index (χ0) is 10.0. The van der Waals surface area contributed by atoms with Crippen LogP contribution in [0.2, 0.25) is 0 Å². The van der Waals surface area contributed by atoms with Gasteiger partial charge in [-0.1, -0.05) is 0 Å². The van der Waals surface area contributed by atoms with Crippen molar-refractivity contribution in [1.29, 1.82) is 0 Å². The Hall–Kier alpha value is -1.26. The Labute approximate surface area is 75.7 Å². The van der Waals surface area contributed by atoms with E-state index < -0.39 is 12.2 Å². The van der Waals surface area contributed by atoms with Gasteiger partial charge in [0, 0.05) is 6.07 Å². The number of phenols is 2. The Morgan fingerprint density at radius 2 is 1.46 bits per heavy atom. The van der Waals surface area contributed by atoms with E-state index in [-0.39, 0.29) is 17.1 Å². The minimum Gasteiger partial charge on any atom is -0.508 e. The molecule has 0 aliphatic carbocycles. The van der Waals surface area contributed by atoms with E-state index >= 15 is 0 Å². The van der Waals surface area contributed by atoms with Crippen molar-refractivity contribution in [2.75, 3.05) is 0 Å². The van der Waals surface area contributed by atoms with Crippen LogP contribution in [-0.4, -0.2) is 26.5 Å². The van der Waals surface area contributed by atoms with E-state index in [1.54, 1.807) is 0 Å². The molecule has 0 aliphatic rings. The first-order valence-electron chi connectivity index (χ1n) is 3.90. The fourth-order valence-corrected chi connectivity index (χ4v) is 1.07. The molecule has 0 amide bonds. The summed E-state index contributed by atoms with van der Waals surface area (Å²) >= 11 is 0. The molecule has 13 heavy (non-hydrogen) atoms. The van der Waals surface area contributed by atoms with Gasteiger partial charge in [0.25, 0.3) is 0 Å². The molecule has 4 N–H and O–H groups in total. The van der Waals surface area contributed by atoms with E-state index in [4.69, 9.17) is 15.3 Å². The lowest BCUT2D eigenvalue weighted by Gasteiger charge is -2.14. The molecule has 4 nitrogen and oxygen atoms in total. The number of aliphatic hydroxyl groups excluding tert-OH is 2. The summed E-state index contributed by atoms with van der Waals surface area (Å²) in [6.07, 6.45) is -2.04. The van der Waals surface area contributed by atoms with Crippen molar-refractivity contribution in [2.45, 2.75) is 19.1 Å². The molecule has 1 aromatic carbocycles. The highest BCUT2D eigenvalue weighted by Crippen LogP contribution is 2.26. The molecule has 0 spiro atoms. The Kier molecular flexibility index (Phi) is 2.75. The van der Waals surface area contributed by atoms with Crippen LogP contribution in [0.3, 0.4) is 0 Å². The van der Waals surface area contributed by atoms with E-state index in [9.17, 15) is 5.11 Å². The lowest BCUT2D eigenvalue weighted by molar-refractivity contribution is 0.0303. The highest BCUT2D eigenvalue weighted by molar-refractivity contribution is 5.37. The van der Waals surface area contributed by atoms with Gasteiger partial charge >= 0.3 is 0 Å². The highest BCUT2D eigenvalue weighted by Gasteiger charge is 2.14. The predicted molar refractivity (Wildman–Crippen MR) is 46.4 cm³/mol. The molecule has 0 aromatic heterocycles. The van der Waals surface area contributed by atoms with Crippen LogP contribution in [0.25, 0.3) is 0 Å². The first-order chi connectivity index (χ1) is 6.00. The second-order valence-electron chi connectivity index (χ2n) is 2.97. The van der Waals surface area contributed by atoms with Gasteiger partial charge < -0.3 is 20.4 Å². The van der Waals surface area contributed by atoms with Gasteiger partial charge in [-0.2, -0.15) is 0 Å². The van der Waals surface area contributed by atoms with Gasteiger partial charge in [-0.25, -0.2) is 0 Å². The molecule has 0 fully saturated rings. The maximum absolute atomic E-state index is 9.37. The van der Waals surface area contributed by atoms with Crippen molar-refractivity contribution in [3.63, 3.8) is 0 Å². The van der Waals surface area contributed by atoms with Crippen LogP contribution in [0.5, 0.6) is 11.5 Å². The van der Waals surface area contributed by atoms with E-state index in [1.165, 1.54) is 19.1 Å². The van der Waals surface area contributed by atoms with Crippen LogP contribution in [0.15, 0.2) is 18.2 Å². The van der Waals surface area contributed by atoms with Crippen molar-refractivity contribution in [3.8, 4) is 11.5 Å². The van der Waals surface area contributed by atoms with E-state index in [1.807, 2.05) is 0 Å². The number of phenolic OH excluding ortho intramolecular Hbond substituents is 2. The Bertz CT molecular complexity index is 275. The third-order valence-corrected chi connectivity index (χ3v) is 1.72. The second kappa shape index (κ2) is 3.64. The molecule has 0 bridgehead atoms. The lowest BCUT2D eigenvalue weighted by atomic mass is 10.1. The van der Waals surface area contributed by atoms with Gasteiger partial charge in [0.05, 0.1) is 6.10 Å². The number of hydrogen-bond acceptors (Lipinski definition) is 4. The van der Waals surface area contributed by atoms with Gasteiger partial charge in [0.1, 0.15) is 17.6 Å². The second-order valence-corrected chi connectivity index (χ2v) is 2.97. The summed E-state index contributed by atoms with van der Waals surface area (Å²) in [5, 5.41) is 36.6. The summed E-state index contributed by atoms with van der Waals surface area (Å²) < 4.78 is 0. The van der Waals surface area contributed by atoms with Crippen LogP contribution in [0.4, 0.5) is 0 Å². The average molecular weight is 184 g/mol. The van der Waals surface area contributed by atoms with Gasteiger partial charge in [0.2, 0.25) is 0 Å². The number of aromatic hydroxyl groups is 2. The van der Waals surface area contributed by atoms with Crippen LogP contribution >= 0.6 is 0 Å². The fraction of sp³-hybridized carbons (Fsp3) is 0.333. The Balaban J connectivity index is 3.01. The molecule has 0 saturated heterocycles. The molecule has 72 valence electrons. The molecule has 1 rings (SSSR count). The van der Waals surface area contributed by atoms with Crippen molar-refractivity contribution >= 4 is 0 Å². The summed E-state index contributed by atoms with van der Waals surface area (Å²) in [7, 11) is 0. The zero-order valence-corrected chi connectivity index (χ0v) is 7.18. The molecule has 4 heteroatoms. The summed E-state index contributed by atoms with van der Waals surface area (Å²) in [6.45, 7) is 1.42. The average Bonchev–Trinajstić information content (AvgIpc) is 2.01. The van der Waals surface area contributed by atoms with Gasteiger partial charge in [-0.3, -0.25) is 0 Å². The van der Waals surface area contributed by atoms with Crippen molar-refractivity contribution in [2.24, 2.45) is 0 Å². The molecule has 1 aromatic rings. The van der Waals surface area contributed by atoms with Crippen LogP contribution < -0.4 is 0 Å². The van der Waals surface area contributed by atoms with E-state index in [0.29, 0.717) is 0 Å². The zero-order valence-electron chi connectivity index (χ0n) is 7.18. The largest absolute Gasteiger partial charge is 0.508 e. The number of benzene rings is 1. The summed E-state index contributed by atoms with van der Waals surface area (Å²) in [4.78, 5) is 0. The monoisotopic (exact) mass is 184 g/mol. The molecular formula is C9H12O4. The van der Waals surface area contributed by atoms with Crippen molar-refractivity contribution in [3.05, 3.63) is 23.8 Å². The minimum atomic E-state index is -1.10. The van der Waals surface area contributed by atoms with E-state index in [2.05, 4.69) is 0 Å². The fourth-order valence-electron chi connectivity index (χ4n) is 1.07. The number of aliphatic hydroxyl groups is 2. The standard InChI is InChI=1S/C9H12O4/c1-5(10)9(13)6-2-7(11)4-8(12)3-6/h2-5,9-13H,1H3. The maximum Gasteiger partial charge on any atom is 0.119 e. The molecule has 2 unspecified atom stereocenters. The minimum absolute atomic E-state index is 0.144. The SMILES string of the molecule is CC(O)C(O)c1cc(O)cc(O)c1. The Morgan fingerprint density at radius 3 is 1.85 bits per heavy atom. The molecule has 0 aliphatic heterocycles. The maximum atomic E-state index is 9.37. The lowest BCUT2D eigenvalue weighted by Crippen LogP contribution is -2.13. The molecule has 0 heterocycles. The third-order valence-electron chi connectivity index (χ3n) is 1.72. The highest BCUT2D eigenvalue weighted by atomic mass is 16.3. The molecule has 2 atom stereocenters. The van der Waals surface area contributed by atoms with Crippen LogP contribution in [0.1, 0.15) is 18.6 Å². The molecule has 0 radical (unpaired) electrons. The quantitative estimate of drug-likeness (QED) is 0.540. The smallest absolute Gasteiger partial charge is 0.119 e. The Morgan fingerprint density at radius 1 is 1.00 bits per heavy atom. The number of hydrogen-bond donors (Lipinski definition) is 4. The van der Waals surface area contributed by atoms with Crippen molar-refractivity contribution in [1.82, 2.24) is 0 Å². The third kappa shape index (κ3) is 2.34. The van der Waals surface area contributed by atoms with Gasteiger partial charge in [-0.15, -0.1) is 0 Å². The van der Waals surface area contributed by atoms with Gasteiger partial charge in [0.15, 0.2) is 0 Å². The van der Waals surface area contributed by atoms with Gasteiger partial charge in [-0.05, 0) is 24.6 Å². The predicted octanol–water partition coefficient (Wildman–Crippen LogP) is 0.512. The van der Waals surface area contributed by atoms with Crippen LogP contribution in [-0.2, 0) is 0 Å². The van der Waals surface area contributed by atoms with Crippen molar-refractivity contribution < 1.29 is 20.4 Å². The van der Waals surface area contributed by atoms with Crippen LogP contribution in [0, 0.1) is 0 Å². The summed E-state index contributed by atoms with van der Waals surface area (Å²) in [5.74, 6) is -0.288. The molecule has 0 saturated carbocycles. The summed E-state index contributed by atoms with van der Waals surface area (Å²) in [6, 6.07) is 3.73. The first kappa shape index (κ1) is 9.83.